The van der Waals surface area contributed by atoms with Crippen LogP contribution >= 0.6 is 0 Å². The van der Waals surface area contributed by atoms with Crippen molar-refractivity contribution in [1.82, 2.24) is 0 Å². The highest BCUT2D eigenvalue weighted by atomic mass is 17.2. The van der Waals surface area contributed by atoms with Crippen molar-refractivity contribution in [2.75, 3.05) is 19.8 Å². The summed E-state index contributed by atoms with van der Waals surface area (Å²) in [5.41, 5.74) is 0.323. The molecule has 0 atom stereocenters. The average molecular weight is 569 g/mol. The quantitative estimate of drug-likeness (QED) is 0.0490. The molecule has 0 bridgehead atoms. The van der Waals surface area contributed by atoms with Crippen molar-refractivity contribution in [3.05, 3.63) is 79.4 Å². The molecule has 0 aromatic heterocycles. The van der Waals surface area contributed by atoms with Crippen LogP contribution in [0, 0.1) is 0 Å². The van der Waals surface area contributed by atoms with Crippen molar-refractivity contribution >= 4 is 23.9 Å². The third-order valence-electron chi connectivity index (χ3n) is 5.48. The predicted octanol–water partition coefficient (Wildman–Crippen LogP) is 5.70. The summed E-state index contributed by atoms with van der Waals surface area (Å²) in [4.78, 5) is 56.8. The minimum atomic E-state index is -0.556. The van der Waals surface area contributed by atoms with E-state index in [1.807, 2.05) is 0 Å². The van der Waals surface area contributed by atoms with Crippen LogP contribution in [0.2, 0.25) is 0 Å². The number of benzene rings is 2. The number of carbonyl (C=O) groups excluding carboxylic acids is 4. The maximum absolute atomic E-state index is 12.5. The number of ether oxygens (including phenoxy) is 4. The Morgan fingerprint density at radius 2 is 1.07 bits per heavy atom. The minimum Gasteiger partial charge on any atom is -0.463 e. The number of rotatable bonds is 20. The number of unbranched alkanes of at least 4 members (excludes halogenated alkanes) is 5. The Bertz CT molecular complexity index is 1120. The summed E-state index contributed by atoms with van der Waals surface area (Å²) in [5, 5.41) is 0. The third kappa shape index (κ3) is 14.5. The lowest BCUT2D eigenvalue weighted by Crippen LogP contribution is -2.09. The van der Waals surface area contributed by atoms with E-state index < -0.39 is 17.9 Å². The van der Waals surface area contributed by atoms with Crippen LogP contribution < -0.4 is 14.4 Å². The van der Waals surface area contributed by atoms with E-state index in [9.17, 15) is 19.2 Å². The summed E-state index contributed by atoms with van der Waals surface area (Å²) in [7, 11) is 0. The highest BCUT2D eigenvalue weighted by Gasteiger charge is 2.11. The summed E-state index contributed by atoms with van der Waals surface area (Å²) in [6.07, 6.45) is 7.81. The zero-order valence-electron chi connectivity index (χ0n) is 23.0. The zero-order valence-corrected chi connectivity index (χ0v) is 23.0. The van der Waals surface area contributed by atoms with Gasteiger partial charge in [0.05, 0.1) is 25.4 Å². The second kappa shape index (κ2) is 19.6. The van der Waals surface area contributed by atoms with Gasteiger partial charge < -0.3 is 23.8 Å². The first-order valence-electron chi connectivity index (χ1n) is 13.4. The van der Waals surface area contributed by atoms with Crippen LogP contribution in [0.15, 0.2) is 73.8 Å². The van der Waals surface area contributed by atoms with Gasteiger partial charge in [0, 0.05) is 18.6 Å². The number of hydrogen-bond donors (Lipinski definition) is 0. The fraction of sp³-hybridized carbons (Fsp3) is 0.355. The van der Waals surface area contributed by atoms with E-state index in [2.05, 4.69) is 13.2 Å². The second-order valence-corrected chi connectivity index (χ2v) is 8.73. The molecule has 0 unspecified atom stereocenters. The fourth-order valence-electron chi connectivity index (χ4n) is 3.31. The van der Waals surface area contributed by atoms with Gasteiger partial charge in [-0.15, -0.1) is 0 Å². The second-order valence-electron chi connectivity index (χ2n) is 8.73. The predicted molar refractivity (Wildman–Crippen MR) is 149 cm³/mol. The molecule has 0 aliphatic rings. The van der Waals surface area contributed by atoms with E-state index in [1.54, 1.807) is 36.4 Å². The molecule has 0 spiro atoms. The van der Waals surface area contributed by atoms with Gasteiger partial charge in [-0.1, -0.05) is 19.6 Å². The van der Waals surface area contributed by atoms with Crippen LogP contribution in [0.1, 0.15) is 61.7 Å². The van der Waals surface area contributed by atoms with E-state index in [0.29, 0.717) is 55.3 Å². The molecule has 0 N–H and O–H groups in total. The summed E-state index contributed by atoms with van der Waals surface area (Å²) in [5.74, 6) is -0.735. The number of carbonyl (C=O) groups is 4. The van der Waals surface area contributed by atoms with E-state index in [-0.39, 0.29) is 19.0 Å². The van der Waals surface area contributed by atoms with Gasteiger partial charge in [-0.2, -0.15) is 4.89 Å². The van der Waals surface area contributed by atoms with Crippen molar-refractivity contribution in [2.24, 2.45) is 0 Å². The SMILES string of the molecule is C=CC(=O)OCCCCCCOOc1ccc(C(=O)Oc2ccc(OC(=O)CCCCCOC(=O)C=C)cc2)cc1. The Morgan fingerprint density at radius 3 is 1.63 bits per heavy atom. The smallest absolute Gasteiger partial charge is 0.343 e. The standard InChI is InChI=1S/C31H36O10/c1-3-28(32)36-21-9-5-6-11-23-38-41-27-15-13-24(14-16-27)31(35)40-26-19-17-25(18-20-26)39-30(34)12-8-7-10-22-37-29(33)4-2/h3-4,13-20H,1-2,5-12,21-23H2. The largest absolute Gasteiger partial charge is 0.463 e. The van der Waals surface area contributed by atoms with Crippen molar-refractivity contribution in [2.45, 2.75) is 51.4 Å². The molecule has 0 saturated heterocycles. The van der Waals surface area contributed by atoms with Gasteiger partial charge in [0.1, 0.15) is 11.5 Å². The molecule has 0 saturated carbocycles. The van der Waals surface area contributed by atoms with Crippen molar-refractivity contribution in [1.29, 1.82) is 0 Å². The molecule has 10 nitrogen and oxygen atoms in total. The van der Waals surface area contributed by atoms with Gasteiger partial charge in [0.15, 0.2) is 5.75 Å². The first kappa shape index (κ1) is 32.8. The van der Waals surface area contributed by atoms with E-state index in [1.165, 1.54) is 12.1 Å². The van der Waals surface area contributed by atoms with Crippen LogP contribution in [0.3, 0.4) is 0 Å². The van der Waals surface area contributed by atoms with E-state index in [4.69, 9.17) is 28.7 Å². The van der Waals surface area contributed by atoms with Crippen LogP contribution in [0.5, 0.6) is 17.2 Å². The fourth-order valence-corrected chi connectivity index (χ4v) is 3.31. The summed E-state index contributed by atoms with van der Waals surface area (Å²) in [6, 6.07) is 12.5. The Balaban J connectivity index is 1.61. The highest BCUT2D eigenvalue weighted by molar-refractivity contribution is 5.91. The lowest BCUT2D eigenvalue weighted by atomic mass is 10.2. The van der Waals surface area contributed by atoms with Gasteiger partial charge >= 0.3 is 23.9 Å². The van der Waals surface area contributed by atoms with Gasteiger partial charge in [-0.25, -0.2) is 14.4 Å². The van der Waals surface area contributed by atoms with Crippen LogP contribution in [-0.2, 0) is 28.7 Å². The molecule has 2 aromatic carbocycles. The lowest BCUT2D eigenvalue weighted by molar-refractivity contribution is -0.207. The first-order chi connectivity index (χ1) is 19.9. The molecule has 2 rings (SSSR count). The Labute approximate surface area is 239 Å². The molecule has 0 amide bonds. The molecule has 10 heteroatoms. The minimum absolute atomic E-state index is 0.230. The normalized spacial score (nSPS) is 10.2. The molecule has 220 valence electrons. The summed E-state index contributed by atoms with van der Waals surface area (Å²) < 4.78 is 20.4. The molecule has 41 heavy (non-hydrogen) atoms. The van der Waals surface area contributed by atoms with Crippen LogP contribution in [0.4, 0.5) is 0 Å². The molecule has 0 fully saturated rings. The Hall–Kier alpha value is -4.44. The van der Waals surface area contributed by atoms with Gasteiger partial charge in [0.2, 0.25) is 0 Å². The van der Waals surface area contributed by atoms with Gasteiger partial charge in [-0.05, 0) is 87.1 Å². The summed E-state index contributed by atoms with van der Waals surface area (Å²) >= 11 is 0. The maximum atomic E-state index is 12.5. The van der Waals surface area contributed by atoms with Gasteiger partial charge in [0.25, 0.3) is 0 Å². The van der Waals surface area contributed by atoms with E-state index >= 15 is 0 Å². The van der Waals surface area contributed by atoms with Gasteiger partial charge in [-0.3, -0.25) is 4.79 Å². The summed E-state index contributed by atoms with van der Waals surface area (Å²) in [6.45, 7) is 7.72. The molecular weight excluding hydrogens is 532 g/mol. The molecule has 2 aromatic rings. The number of hydrogen-bond acceptors (Lipinski definition) is 10. The molecule has 0 aliphatic heterocycles. The first-order valence-corrected chi connectivity index (χ1v) is 13.4. The van der Waals surface area contributed by atoms with Crippen LogP contribution in [0.25, 0.3) is 0 Å². The monoisotopic (exact) mass is 568 g/mol. The maximum Gasteiger partial charge on any atom is 0.343 e. The molecule has 0 aliphatic carbocycles. The van der Waals surface area contributed by atoms with E-state index in [0.717, 1.165) is 37.8 Å². The van der Waals surface area contributed by atoms with Crippen LogP contribution in [-0.4, -0.2) is 43.7 Å². The zero-order chi connectivity index (χ0) is 29.7. The van der Waals surface area contributed by atoms with Crippen molar-refractivity contribution in [3.63, 3.8) is 0 Å². The highest BCUT2D eigenvalue weighted by Crippen LogP contribution is 2.20. The van der Waals surface area contributed by atoms with Crippen molar-refractivity contribution < 1.29 is 47.9 Å². The lowest BCUT2D eigenvalue weighted by Gasteiger charge is -2.08. The van der Waals surface area contributed by atoms with Crippen molar-refractivity contribution in [3.8, 4) is 17.2 Å². The third-order valence-corrected chi connectivity index (χ3v) is 5.48. The average Bonchev–Trinajstić information content (AvgIpc) is 2.98. The topological polar surface area (TPSA) is 124 Å². The molecule has 0 radical (unpaired) electrons. The Morgan fingerprint density at radius 1 is 0.585 bits per heavy atom. The molecular formula is C31H36O10. The number of esters is 4. The molecule has 0 heterocycles. The Kier molecular flexibility index (Phi) is 15.7.